The van der Waals surface area contributed by atoms with Crippen molar-refractivity contribution in [2.75, 3.05) is 0 Å². The molecule has 1 atom stereocenters. The standard InChI is InChI=1S/C13H17NO3/c1-2-12(8-9-15)14-13(16)17-10-11-6-4-3-5-7-11/h3-7,9,12H,2,8,10H2,1H3,(H,14,16)/t12-/m1/s1. The number of rotatable bonds is 6. The van der Waals surface area contributed by atoms with Crippen molar-refractivity contribution in [3.05, 3.63) is 35.9 Å². The quantitative estimate of drug-likeness (QED) is 0.769. The first kappa shape index (κ1) is 13.2. The van der Waals surface area contributed by atoms with Gasteiger partial charge < -0.3 is 14.8 Å². The number of carbonyl (C=O) groups excluding carboxylic acids is 2. The SMILES string of the molecule is CC[C@H](CC=O)NC(=O)OCc1ccccc1. The van der Waals surface area contributed by atoms with Gasteiger partial charge in [0.1, 0.15) is 12.9 Å². The molecule has 0 aliphatic carbocycles. The summed E-state index contributed by atoms with van der Waals surface area (Å²) in [7, 11) is 0. The van der Waals surface area contributed by atoms with Crippen LogP contribution < -0.4 is 5.32 Å². The van der Waals surface area contributed by atoms with Gasteiger partial charge in [-0.15, -0.1) is 0 Å². The van der Waals surface area contributed by atoms with E-state index in [4.69, 9.17) is 4.74 Å². The molecule has 0 spiro atoms. The number of hydrogen-bond donors (Lipinski definition) is 1. The summed E-state index contributed by atoms with van der Waals surface area (Å²) >= 11 is 0. The number of alkyl carbamates (subject to hydrolysis) is 1. The van der Waals surface area contributed by atoms with Crippen molar-refractivity contribution in [1.82, 2.24) is 5.32 Å². The van der Waals surface area contributed by atoms with E-state index in [0.29, 0.717) is 12.8 Å². The number of benzene rings is 1. The molecule has 4 nitrogen and oxygen atoms in total. The molecule has 0 saturated carbocycles. The monoisotopic (exact) mass is 235 g/mol. The summed E-state index contributed by atoms with van der Waals surface area (Å²) in [5.74, 6) is 0. The zero-order chi connectivity index (χ0) is 12.5. The highest BCUT2D eigenvalue weighted by molar-refractivity contribution is 5.68. The molecule has 1 amide bonds. The molecule has 0 aliphatic rings. The maximum Gasteiger partial charge on any atom is 0.407 e. The molecular formula is C13H17NO3. The second kappa shape index (κ2) is 7.44. The molecule has 0 bridgehead atoms. The molecule has 4 heteroatoms. The van der Waals surface area contributed by atoms with Crippen molar-refractivity contribution < 1.29 is 14.3 Å². The molecule has 1 aromatic carbocycles. The Morgan fingerprint density at radius 2 is 2.12 bits per heavy atom. The van der Waals surface area contributed by atoms with E-state index in [1.54, 1.807) is 0 Å². The van der Waals surface area contributed by atoms with Crippen LogP contribution in [-0.2, 0) is 16.1 Å². The molecular weight excluding hydrogens is 218 g/mol. The normalized spacial score (nSPS) is 11.6. The topological polar surface area (TPSA) is 55.4 Å². The van der Waals surface area contributed by atoms with Crippen LogP contribution in [0.3, 0.4) is 0 Å². The van der Waals surface area contributed by atoms with Gasteiger partial charge in [0, 0.05) is 12.5 Å². The van der Waals surface area contributed by atoms with Gasteiger partial charge >= 0.3 is 6.09 Å². The Bertz CT molecular complexity index is 351. The Kier molecular flexibility index (Phi) is 5.79. The highest BCUT2D eigenvalue weighted by Gasteiger charge is 2.10. The van der Waals surface area contributed by atoms with Crippen LogP contribution >= 0.6 is 0 Å². The number of hydrogen-bond acceptors (Lipinski definition) is 3. The van der Waals surface area contributed by atoms with E-state index in [1.165, 1.54) is 0 Å². The van der Waals surface area contributed by atoms with Crippen molar-refractivity contribution in [3.8, 4) is 0 Å². The predicted octanol–water partition coefficient (Wildman–Crippen LogP) is 2.28. The van der Waals surface area contributed by atoms with Crippen molar-refractivity contribution in [2.45, 2.75) is 32.4 Å². The van der Waals surface area contributed by atoms with Gasteiger partial charge in [-0.2, -0.15) is 0 Å². The van der Waals surface area contributed by atoms with Crippen molar-refractivity contribution in [1.29, 1.82) is 0 Å². The molecule has 0 radical (unpaired) electrons. The van der Waals surface area contributed by atoms with E-state index < -0.39 is 6.09 Å². The molecule has 0 saturated heterocycles. The van der Waals surface area contributed by atoms with Crippen LogP contribution in [0, 0.1) is 0 Å². The predicted molar refractivity (Wildman–Crippen MR) is 64.5 cm³/mol. The second-order valence-electron chi connectivity index (χ2n) is 3.71. The Balaban J connectivity index is 2.32. The summed E-state index contributed by atoms with van der Waals surface area (Å²) in [4.78, 5) is 21.8. The third kappa shape index (κ3) is 5.15. The molecule has 17 heavy (non-hydrogen) atoms. The average molecular weight is 235 g/mol. The van der Waals surface area contributed by atoms with Gasteiger partial charge in [-0.25, -0.2) is 4.79 Å². The fourth-order valence-electron chi connectivity index (χ4n) is 1.38. The Morgan fingerprint density at radius 1 is 1.41 bits per heavy atom. The summed E-state index contributed by atoms with van der Waals surface area (Å²) in [6.07, 6.45) is 1.34. The molecule has 1 rings (SSSR count). The molecule has 92 valence electrons. The number of aldehydes is 1. The first-order valence-electron chi connectivity index (χ1n) is 5.67. The van der Waals surface area contributed by atoms with E-state index in [9.17, 15) is 9.59 Å². The van der Waals surface area contributed by atoms with E-state index in [2.05, 4.69) is 5.32 Å². The molecule has 0 heterocycles. The zero-order valence-corrected chi connectivity index (χ0v) is 9.89. The summed E-state index contributed by atoms with van der Waals surface area (Å²) < 4.78 is 5.04. The van der Waals surface area contributed by atoms with Gasteiger partial charge in [-0.05, 0) is 12.0 Å². The Labute approximate surface area is 101 Å². The summed E-state index contributed by atoms with van der Waals surface area (Å²) in [6, 6.07) is 9.30. The average Bonchev–Trinajstić information content (AvgIpc) is 2.37. The van der Waals surface area contributed by atoms with Gasteiger partial charge in [-0.3, -0.25) is 0 Å². The first-order valence-corrected chi connectivity index (χ1v) is 5.67. The number of nitrogens with one attached hydrogen (secondary N) is 1. The molecule has 0 aliphatic heterocycles. The van der Waals surface area contributed by atoms with Gasteiger partial charge in [0.2, 0.25) is 0 Å². The zero-order valence-electron chi connectivity index (χ0n) is 9.89. The lowest BCUT2D eigenvalue weighted by Gasteiger charge is -2.14. The van der Waals surface area contributed by atoms with Crippen LogP contribution in [0.25, 0.3) is 0 Å². The second-order valence-corrected chi connectivity index (χ2v) is 3.71. The first-order chi connectivity index (χ1) is 8.26. The molecule has 0 aromatic heterocycles. The molecule has 1 N–H and O–H groups in total. The van der Waals surface area contributed by atoms with E-state index in [1.807, 2.05) is 37.3 Å². The molecule has 0 unspecified atom stereocenters. The maximum atomic E-state index is 11.4. The van der Waals surface area contributed by atoms with Gasteiger partial charge in [0.15, 0.2) is 0 Å². The van der Waals surface area contributed by atoms with E-state index in [-0.39, 0.29) is 12.6 Å². The Hall–Kier alpha value is -1.84. The van der Waals surface area contributed by atoms with Crippen LogP contribution in [0.2, 0.25) is 0 Å². The minimum atomic E-state index is -0.484. The summed E-state index contributed by atoms with van der Waals surface area (Å²) in [5, 5.41) is 2.65. The fraction of sp³-hybridized carbons (Fsp3) is 0.385. The van der Waals surface area contributed by atoms with E-state index >= 15 is 0 Å². The molecule has 0 fully saturated rings. The smallest absolute Gasteiger partial charge is 0.407 e. The maximum absolute atomic E-state index is 11.4. The van der Waals surface area contributed by atoms with Gasteiger partial charge in [0.25, 0.3) is 0 Å². The number of amides is 1. The van der Waals surface area contributed by atoms with Crippen LogP contribution in [0.4, 0.5) is 4.79 Å². The van der Waals surface area contributed by atoms with Gasteiger partial charge in [0.05, 0.1) is 0 Å². The number of carbonyl (C=O) groups is 2. The van der Waals surface area contributed by atoms with Gasteiger partial charge in [-0.1, -0.05) is 37.3 Å². The highest BCUT2D eigenvalue weighted by atomic mass is 16.5. The fourth-order valence-corrected chi connectivity index (χ4v) is 1.38. The Morgan fingerprint density at radius 3 is 2.71 bits per heavy atom. The van der Waals surface area contributed by atoms with Crippen LogP contribution in [-0.4, -0.2) is 18.4 Å². The van der Waals surface area contributed by atoms with E-state index in [0.717, 1.165) is 11.8 Å². The van der Waals surface area contributed by atoms with Crippen LogP contribution in [0.15, 0.2) is 30.3 Å². The summed E-state index contributed by atoms with van der Waals surface area (Å²) in [5.41, 5.74) is 0.936. The molecule has 1 aromatic rings. The van der Waals surface area contributed by atoms with Crippen LogP contribution in [0.1, 0.15) is 25.3 Å². The van der Waals surface area contributed by atoms with Crippen molar-refractivity contribution >= 4 is 12.4 Å². The number of ether oxygens (including phenoxy) is 1. The largest absolute Gasteiger partial charge is 0.445 e. The minimum Gasteiger partial charge on any atom is -0.445 e. The third-order valence-electron chi connectivity index (χ3n) is 2.41. The van der Waals surface area contributed by atoms with Crippen molar-refractivity contribution in [3.63, 3.8) is 0 Å². The van der Waals surface area contributed by atoms with Crippen molar-refractivity contribution in [2.24, 2.45) is 0 Å². The highest BCUT2D eigenvalue weighted by Crippen LogP contribution is 2.01. The lowest BCUT2D eigenvalue weighted by Crippen LogP contribution is -2.34. The lowest BCUT2D eigenvalue weighted by molar-refractivity contribution is -0.108. The van der Waals surface area contributed by atoms with Crippen LogP contribution in [0.5, 0.6) is 0 Å². The summed E-state index contributed by atoms with van der Waals surface area (Å²) in [6.45, 7) is 2.15. The lowest BCUT2D eigenvalue weighted by atomic mass is 10.2. The minimum absolute atomic E-state index is 0.143. The third-order valence-corrected chi connectivity index (χ3v) is 2.41.